The van der Waals surface area contributed by atoms with E-state index < -0.39 is 11.9 Å². The smallest absolute Gasteiger partial charge is 0.255 e. The van der Waals surface area contributed by atoms with Gasteiger partial charge in [-0.25, -0.2) is 4.39 Å². The summed E-state index contributed by atoms with van der Waals surface area (Å²) in [5, 5.41) is 2.32. The van der Waals surface area contributed by atoms with Crippen LogP contribution in [0, 0.1) is 0 Å². The van der Waals surface area contributed by atoms with E-state index in [9.17, 15) is 18.8 Å². The molecule has 0 radical (unpaired) electrons. The van der Waals surface area contributed by atoms with Crippen LogP contribution in [0.1, 0.15) is 54.9 Å². The van der Waals surface area contributed by atoms with Crippen LogP contribution in [-0.4, -0.2) is 65.5 Å². The van der Waals surface area contributed by atoms with Gasteiger partial charge in [0.25, 0.3) is 5.91 Å². The normalized spacial score (nSPS) is 26.3. The van der Waals surface area contributed by atoms with Crippen molar-refractivity contribution in [2.24, 2.45) is 0 Å². The van der Waals surface area contributed by atoms with Gasteiger partial charge in [-0.1, -0.05) is 6.92 Å². The fourth-order valence-electron chi connectivity index (χ4n) is 4.93. The number of nitrogens with zero attached hydrogens (tertiary/aromatic N) is 2. The van der Waals surface area contributed by atoms with E-state index >= 15 is 0 Å². The molecule has 0 aromatic heterocycles. The number of carbonyl (C=O) groups is 3. The molecule has 2 aliphatic heterocycles. The fraction of sp³-hybridized carbons (Fsp3) is 0.591. The van der Waals surface area contributed by atoms with Gasteiger partial charge in [-0.2, -0.15) is 0 Å². The zero-order valence-corrected chi connectivity index (χ0v) is 17.2. The number of rotatable bonds is 7. The van der Waals surface area contributed by atoms with Crippen molar-refractivity contribution in [2.75, 3.05) is 19.8 Å². The van der Waals surface area contributed by atoms with Crippen molar-refractivity contribution < 1.29 is 23.5 Å². The number of hydrogen-bond donors (Lipinski definition) is 1. The number of ether oxygens (including phenoxy) is 1. The number of halogens is 1. The summed E-state index contributed by atoms with van der Waals surface area (Å²) in [6, 6.07) is 5.00. The molecule has 1 aromatic carbocycles. The zero-order chi connectivity index (χ0) is 21.3. The highest BCUT2D eigenvalue weighted by Gasteiger charge is 2.39. The molecule has 8 heteroatoms. The number of hydrogen-bond acceptors (Lipinski definition) is 5. The lowest BCUT2D eigenvalue weighted by atomic mass is 10.0. The molecule has 1 aromatic rings. The van der Waals surface area contributed by atoms with Crippen molar-refractivity contribution in [3.63, 3.8) is 0 Å². The summed E-state index contributed by atoms with van der Waals surface area (Å²) in [5.41, 5.74) is 1.40. The van der Waals surface area contributed by atoms with Gasteiger partial charge in [0.1, 0.15) is 24.6 Å². The van der Waals surface area contributed by atoms with Crippen LogP contribution < -0.4 is 10.1 Å². The first-order valence-corrected chi connectivity index (χ1v) is 10.8. The molecule has 2 fully saturated rings. The predicted molar refractivity (Wildman–Crippen MR) is 108 cm³/mol. The number of fused-ring (bicyclic) bond motifs is 1. The molecule has 2 unspecified atom stereocenters. The largest absolute Gasteiger partial charge is 0.489 e. The number of carbonyl (C=O) groups excluding carboxylic acids is 3. The molecule has 3 aliphatic rings. The maximum absolute atomic E-state index is 12.9. The van der Waals surface area contributed by atoms with E-state index in [1.165, 1.54) is 4.90 Å². The van der Waals surface area contributed by atoms with Crippen molar-refractivity contribution in [3.05, 3.63) is 29.3 Å². The first kappa shape index (κ1) is 20.8. The average Bonchev–Trinajstić information content (AvgIpc) is 3.30. The molecule has 1 N–H and O–H groups in total. The molecule has 3 atom stereocenters. The molecule has 30 heavy (non-hydrogen) atoms. The van der Waals surface area contributed by atoms with Crippen LogP contribution in [0.2, 0.25) is 0 Å². The van der Waals surface area contributed by atoms with Crippen molar-refractivity contribution in [1.82, 2.24) is 15.1 Å². The zero-order valence-electron chi connectivity index (χ0n) is 17.2. The van der Waals surface area contributed by atoms with Crippen LogP contribution in [-0.2, 0) is 16.1 Å². The first-order valence-electron chi connectivity index (χ1n) is 10.8. The molecule has 162 valence electrons. The highest BCUT2D eigenvalue weighted by atomic mass is 19.1. The molecule has 1 saturated heterocycles. The van der Waals surface area contributed by atoms with Gasteiger partial charge in [-0.15, -0.1) is 0 Å². The third kappa shape index (κ3) is 3.93. The van der Waals surface area contributed by atoms with Crippen molar-refractivity contribution in [1.29, 1.82) is 0 Å². The topological polar surface area (TPSA) is 79.0 Å². The Morgan fingerprint density at radius 1 is 1.23 bits per heavy atom. The van der Waals surface area contributed by atoms with Crippen molar-refractivity contribution in [3.8, 4) is 5.75 Å². The van der Waals surface area contributed by atoms with E-state index in [2.05, 4.69) is 10.2 Å². The van der Waals surface area contributed by atoms with Crippen LogP contribution in [0.5, 0.6) is 5.75 Å². The minimum Gasteiger partial charge on any atom is -0.489 e. The minimum absolute atomic E-state index is 0.00195. The summed E-state index contributed by atoms with van der Waals surface area (Å²) in [4.78, 5) is 40.1. The summed E-state index contributed by atoms with van der Waals surface area (Å²) in [7, 11) is 0. The van der Waals surface area contributed by atoms with E-state index in [-0.39, 0.29) is 37.1 Å². The lowest BCUT2D eigenvalue weighted by Gasteiger charge is -2.31. The Morgan fingerprint density at radius 3 is 2.80 bits per heavy atom. The number of imide groups is 1. The van der Waals surface area contributed by atoms with Gasteiger partial charge >= 0.3 is 0 Å². The Bertz CT molecular complexity index is 846. The molecule has 2 heterocycles. The molecule has 7 nitrogen and oxygen atoms in total. The predicted octanol–water partition coefficient (Wildman–Crippen LogP) is 2.04. The van der Waals surface area contributed by atoms with E-state index in [0.717, 1.165) is 31.4 Å². The average molecular weight is 417 g/mol. The van der Waals surface area contributed by atoms with E-state index in [1.54, 1.807) is 12.1 Å². The number of amides is 3. The van der Waals surface area contributed by atoms with Gasteiger partial charge in [0.15, 0.2) is 0 Å². The Kier molecular flexibility index (Phi) is 6.04. The molecule has 3 amide bonds. The number of piperidine rings is 1. The van der Waals surface area contributed by atoms with E-state index in [4.69, 9.17) is 4.74 Å². The number of benzene rings is 1. The summed E-state index contributed by atoms with van der Waals surface area (Å²) in [5.74, 6) is -0.203. The van der Waals surface area contributed by atoms with Gasteiger partial charge in [0.05, 0.1) is 0 Å². The molecule has 1 saturated carbocycles. The van der Waals surface area contributed by atoms with Crippen LogP contribution in [0.3, 0.4) is 0 Å². The summed E-state index contributed by atoms with van der Waals surface area (Å²) < 4.78 is 19.2. The Morgan fingerprint density at radius 2 is 2.07 bits per heavy atom. The fourth-order valence-corrected chi connectivity index (χ4v) is 4.93. The van der Waals surface area contributed by atoms with E-state index in [1.807, 2.05) is 13.0 Å². The lowest BCUT2D eigenvalue weighted by molar-refractivity contribution is -0.136. The summed E-state index contributed by atoms with van der Waals surface area (Å²) in [6.07, 6.45) is 3.54. The third-order valence-corrected chi connectivity index (χ3v) is 6.45. The number of nitrogens with one attached hydrogen (secondary N) is 1. The lowest BCUT2D eigenvalue weighted by Crippen LogP contribution is -2.52. The number of alkyl halides is 1. The Balaban J connectivity index is 1.46. The maximum atomic E-state index is 12.9. The molecular formula is C22H28FN3O4. The standard InChI is InChI=1S/C22H28FN3O4/c1-2-25(11-10-23)17-4-3-5-19(17)30-15-6-7-16-14(12-15)13-26(22(16)29)18-8-9-20(27)24-21(18)28/h6-7,12,17-19H,2-5,8-11,13H2,1H3,(H,24,27,28)/t17-,18?,19?/m1/s1. The van der Waals surface area contributed by atoms with Crippen molar-refractivity contribution in [2.45, 2.75) is 63.8 Å². The molecular weight excluding hydrogens is 389 g/mol. The highest BCUT2D eigenvalue weighted by Crippen LogP contribution is 2.33. The summed E-state index contributed by atoms with van der Waals surface area (Å²) in [6.45, 7) is 3.20. The second-order valence-corrected chi connectivity index (χ2v) is 8.19. The second kappa shape index (κ2) is 8.71. The first-order chi connectivity index (χ1) is 14.5. The highest BCUT2D eigenvalue weighted by molar-refractivity contribution is 6.05. The van der Waals surface area contributed by atoms with Crippen LogP contribution in [0.4, 0.5) is 4.39 Å². The monoisotopic (exact) mass is 417 g/mol. The van der Waals surface area contributed by atoms with Gasteiger partial charge in [0.2, 0.25) is 11.8 Å². The molecule has 1 aliphatic carbocycles. The number of likely N-dealkylation sites (N-methyl/N-ethyl adjacent to an activating group) is 1. The van der Waals surface area contributed by atoms with E-state index in [0.29, 0.717) is 30.8 Å². The summed E-state index contributed by atoms with van der Waals surface area (Å²) >= 11 is 0. The van der Waals surface area contributed by atoms with Crippen LogP contribution in [0.15, 0.2) is 18.2 Å². The van der Waals surface area contributed by atoms with Crippen molar-refractivity contribution >= 4 is 17.7 Å². The van der Waals surface area contributed by atoms with Crippen LogP contribution in [0.25, 0.3) is 0 Å². The molecule has 0 spiro atoms. The third-order valence-electron chi connectivity index (χ3n) is 6.45. The Hall–Kier alpha value is -2.48. The molecule has 4 rings (SSSR count). The SMILES string of the molecule is CCN(CCF)[C@@H]1CCCC1Oc1ccc2c(c1)CN(C1CCC(=O)NC1=O)C2=O. The van der Waals surface area contributed by atoms with Gasteiger partial charge < -0.3 is 9.64 Å². The quantitative estimate of drug-likeness (QED) is 0.687. The van der Waals surface area contributed by atoms with Crippen LogP contribution >= 0.6 is 0 Å². The second-order valence-electron chi connectivity index (χ2n) is 8.19. The Labute approximate surface area is 175 Å². The maximum Gasteiger partial charge on any atom is 0.255 e. The van der Waals surface area contributed by atoms with Gasteiger partial charge in [-0.3, -0.25) is 24.6 Å². The minimum atomic E-state index is -0.620. The molecule has 0 bridgehead atoms. The van der Waals surface area contributed by atoms with Gasteiger partial charge in [0, 0.05) is 31.1 Å². The van der Waals surface area contributed by atoms with Gasteiger partial charge in [-0.05, 0) is 56.0 Å².